The minimum Gasteiger partial charge on any atom is -0.494 e. The van der Waals surface area contributed by atoms with Crippen molar-refractivity contribution in [3.63, 3.8) is 0 Å². The molecule has 4 rings (SSSR count). The van der Waals surface area contributed by atoms with E-state index in [2.05, 4.69) is 14.8 Å². The van der Waals surface area contributed by atoms with Crippen molar-refractivity contribution in [2.45, 2.75) is 43.0 Å². The first-order valence-corrected chi connectivity index (χ1v) is 13.3. The lowest BCUT2D eigenvalue weighted by Crippen LogP contribution is -2.43. The molecule has 1 aliphatic rings. The largest absolute Gasteiger partial charge is 0.494 e. The van der Waals surface area contributed by atoms with Crippen LogP contribution in [0.4, 0.5) is 25.8 Å². The second-order valence-corrected chi connectivity index (χ2v) is 10.1. The highest BCUT2D eigenvalue weighted by molar-refractivity contribution is 7.84. The third-order valence-electron chi connectivity index (χ3n) is 6.62. The van der Waals surface area contributed by atoms with Crippen molar-refractivity contribution in [1.82, 2.24) is 4.98 Å². The molecular formula is C27H31F2N3O2S. The molecule has 3 aromatic rings. The van der Waals surface area contributed by atoms with E-state index >= 15 is 0 Å². The molecule has 1 aromatic heterocycles. The molecule has 2 aromatic carbocycles. The number of hydrogen-bond donors (Lipinski definition) is 0. The lowest BCUT2D eigenvalue weighted by molar-refractivity contribution is -0.00827. The van der Waals surface area contributed by atoms with Gasteiger partial charge in [-0.05, 0) is 49.2 Å². The summed E-state index contributed by atoms with van der Waals surface area (Å²) in [6.45, 7) is 3.16. The zero-order valence-electron chi connectivity index (χ0n) is 20.3. The standard InChI is InChI=1S/C27H31F2N3O2S/c1-4-27(28,29)20-5-7-22(8-6-20)32(25-19-30-16-13-26(25)34-2)23-14-17-31(18-15-23)21-9-11-24(12-10-21)35(3)33/h5-13,16,19,23H,4,14-15,17-18H2,1-3H3. The van der Waals surface area contributed by atoms with Gasteiger partial charge in [0.25, 0.3) is 5.92 Å². The van der Waals surface area contributed by atoms with Crippen LogP contribution in [0.15, 0.2) is 71.9 Å². The molecule has 2 heterocycles. The van der Waals surface area contributed by atoms with Crippen LogP contribution in [0.25, 0.3) is 0 Å². The van der Waals surface area contributed by atoms with Gasteiger partial charge in [0.2, 0.25) is 0 Å². The lowest BCUT2D eigenvalue weighted by atomic mass is 9.99. The molecule has 0 bridgehead atoms. The topological polar surface area (TPSA) is 45.7 Å². The molecule has 1 fully saturated rings. The van der Waals surface area contributed by atoms with Crippen LogP contribution in [-0.4, -0.2) is 41.7 Å². The summed E-state index contributed by atoms with van der Waals surface area (Å²) in [6, 6.07) is 16.4. The van der Waals surface area contributed by atoms with E-state index in [1.165, 1.54) is 19.1 Å². The summed E-state index contributed by atoms with van der Waals surface area (Å²) in [7, 11) is 0.625. The average molecular weight is 500 g/mol. The molecule has 1 aliphatic heterocycles. The highest BCUT2D eigenvalue weighted by Gasteiger charge is 2.31. The number of piperidine rings is 1. The minimum absolute atomic E-state index is 0.0214. The highest BCUT2D eigenvalue weighted by Crippen LogP contribution is 2.39. The predicted molar refractivity (Wildman–Crippen MR) is 138 cm³/mol. The molecule has 1 atom stereocenters. The Morgan fingerprint density at radius 2 is 1.74 bits per heavy atom. The van der Waals surface area contributed by atoms with Gasteiger partial charge in [-0.1, -0.05) is 19.1 Å². The van der Waals surface area contributed by atoms with Gasteiger partial charge in [0.1, 0.15) is 11.4 Å². The molecule has 1 saturated heterocycles. The minimum atomic E-state index is -2.85. The van der Waals surface area contributed by atoms with E-state index in [4.69, 9.17) is 4.74 Å². The predicted octanol–water partition coefficient (Wildman–Crippen LogP) is 6.14. The average Bonchev–Trinajstić information content (AvgIpc) is 2.90. The Balaban J connectivity index is 1.60. The van der Waals surface area contributed by atoms with Gasteiger partial charge in [0.05, 0.1) is 13.3 Å². The molecule has 0 aliphatic carbocycles. The van der Waals surface area contributed by atoms with Crippen LogP contribution in [0.3, 0.4) is 0 Å². The molecule has 5 nitrogen and oxygen atoms in total. The van der Waals surface area contributed by atoms with Crippen molar-refractivity contribution in [3.05, 3.63) is 72.6 Å². The summed E-state index contributed by atoms with van der Waals surface area (Å²) in [5.41, 5.74) is 2.78. The van der Waals surface area contributed by atoms with Crippen LogP contribution < -0.4 is 14.5 Å². The number of halogens is 2. The van der Waals surface area contributed by atoms with Gasteiger partial charge in [-0.2, -0.15) is 0 Å². The first-order valence-electron chi connectivity index (χ1n) is 11.8. The summed E-state index contributed by atoms with van der Waals surface area (Å²) >= 11 is 0. The second-order valence-electron chi connectivity index (χ2n) is 8.69. The summed E-state index contributed by atoms with van der Waals surface area (Å²) in [4.78, 5) is 9.62. The van der Waals surface area contributed by atoms with Crippen LogP contribution in [0.1, 0.15) is 31.7 Å². The highest BCUT2D eigenvalue weighted by atomic mass is 32.2. The maximum Gasteiger partial charge on any atom is 0.273 e. The number of hydrogen-bond acceptors (Lipinski definition) is 5. The van der Waals surface area contributed by atoms with Crippen LogP contribution >= 0.6 is 0 Å². The molecule has 35 heavy (non-hydrogen) atoms. The van der Waals surface area contributed by atoms with Crippen LogP contribution in [0, 0.1) is 0 Å². The van der Waals surface area contributed by atoms with Crippen LogP contribution in [0.5, 0.6) is 5.75 Å². The summed E-state index contributed by atoms with van der Waals surface area (Å²) in [6.07, 6.45) is 6.63. The van der Waals surface area contributed by atoms with Gasteiger partial charge in [0.15, 0.2) is 0 Å². The van der Waals surface area contributed by atoms with Crippen molar-refractivity contribution in [3.8, 4) is 5.75 Å². The zero-order valence-corrected chi connectivity index (χ0v) is 21.1. The monoisotopic (exact) mass is 499 g/mol. The van der Waals surface area contributed by atoms with Crippen LogP contribution in [0.2, 0.25) is 0 Å². The Hall–Kier alpha value is -3.00. The molecule has 0 saturated carbocycles. The fraction of sp³-hybridized carbons (Fsp3) is 0.370. The van der Waals surface area contributed by atoms with Crippen molar-refractivity contribution in [2.24, 2.45) is 0 Å². The van der Waals surface area contributed by atoms with E-state index in [1.807, 2.05) is 30.3 Å². The number of anilines is 3. The van der Waals surface area contributed by atoms with Crippen molar-refractivity contribution in [2.75, 3.05) is 36.3 Å². The molecule has 8 heteroatoms. The van der Waals surface area contributed by atoms with Gasteiger partial charge in [-0.15, -0.1) is 0 Å². The van der Waals surface area contributed by atoms with E-state index in [0.29, 0.717) is 5.75 Å². The quantitative estimate of drug-likeness (QED) is 0.373. The van der Waals surface area contributed by atoms with Gasteiger partial charge < -0.3 is 14.5 Å². The number of pyridine rings is 1. The third-order valence-corrected chi connectivity index (χ3v) is 7.55. The van der Waals surface area contributed by atoms with Crippen LogP contribution in [-0.2, 0) is 16.7 Å². The van der Waals surface area contributed by atoms with E-state index in [1.54, 1.807) is 37.9 Å². The number of rotatable bonds is 8. The molecule has 0 spiro atoms. The second kappa shape index (κ2) is 10.7. The molecule has 1 unspecified atom stereocenters. The van der Waals surface area contributed by atoms with Gasteiger partial charge in [-0.3, -0.25) is 9.19 Å². The zero-order chi connectivity index (χ0) is 25.0. The first-order chi connectivity index (χ1) is 16.8. The molecular weight excluding hydrogens is 468 g/mol. The number of benzene rings is 2. The number of alkyl halides is 2. The molecule has 0 N–H and O–H groups in total. The van der Waals surface area contributed by atoms with E-state index < -0.39 is 16.7 Å². The van der Waals surface area contributed by atoms with Crippen molar-refractivity contribution < 1.29 is 17.7 Å². The number of ether oxygens (including phenoxy) is 1. The van der Waals surface area contributed by atoms with Crippen molar-refractivity contribution in [1.29, 1.82) is 0 Å². The fourth-order valence-electron chi connectivity index (χ4n) is 4.57. The van der Waals surface area contributed by atoms with E-state index in [0.717, 1.165) is 47.9 Å². The van der Waals surface area contributed by atoms with E-state index in [9.17, 15) is 13.0 Å². The van der Waals surface area contributed by atoms with Gasteiger partial charge >= 0.3 is 0 Å². The van der Waals surface area contributed by atoms with E-state index in [-0.39, 0.29) is 18.0 Å². The normalized spacial score (nSPS) is 15.6. The number of nitrogens with zero attached hydrogens (tertiary/aromatic N) is 3. The first kappa shape index (κ1) is 25.1. The Labute approximate surface area is 208 Å². The Bertz CT molecular complexity index is 1150. The van der Waals surface area contributed by atoms with Gasteiger partial charge in [-0.25, -0.2) is 8.78 Å². The molecule has 186 valence electrons. The Morgan fingerprint density at radius 3 is 2.31 bits per heavy atom. The molecule has 0 radical (unpaired) electrons. The SMILES string of the molecule is CCC(F)(F)c1ccc(N(c2cnccc2OC)C2CCN(c3ccc(S(C)=O)cc3)CC2)cc1. The number of methoxy groups -OCH3 is 1. The number of aromatic nitrogens is 1. The molecule has 0 amide bonds. The Morgan fingerprint density at radius 1 is 1.09 bits per heavy atom. The summed E-state index contributed by atoms with van der Waals surface area (Å²) < 4.78 is 45.8. The van der Waals surface area contributed by atoms with Gasteiger partial charge in [0, 0.05) is 76.7 Å². The lowest BCUT2D eigenvalue weighted by Gasteiger charge is -2.41. The smallest absolute Gasteiger partial charge is 0.273 e. The summed E-state index contributed by atoms with van der Waals surface area (Å²) in [5, 5.41) is 0. The fourth-order valence-corrected chi connectivity index (χ4v) is 5.09. The Kier molecular flexibility index (Phi) is 7.69. The van der Waals surface area contributed by atoms with Crippen molar-refractivity contribution >= 4 is 27.9 Å². The third kappa shape index (κ3) is 5.48. The maximum absolute atomic E-state index is 14.2. The maximum atomic E-state index is 14.2. The summed E-state index contributed by atoms with van der Waals surface area (Å²) in [5.74, 6) is -2.16.